The van der Waals surface area contributed by atoms with Crippen molar-refractivity contribution in [2.24, 2.45) is 5.92 Å². The van der Waals surface area contributed by atoms with Gasteiger partial charge in [-0.1, -0.05) is 19.1 Å². The van der Waals surface area contributed by atoms with E-state index in [1.54, 1.807) is 6.92 Å². The van der Waals surface area contributed by atoms with E-state index in [1.807, 2.05) is 38.1 Å². The predicted molar refractivity (Wildman–Crippen MR) is 103 cm³/mol. The molecule has 152 valence electrons. The number of rotatable bonds is 7. The fourth-order valence-electron chi connectivity index (χ4n) is 3.60. The highest BCUT2D eigenvalue weighted by atomic mass is 16.6. The van der Waals surface area contributed by atoms with E-state index in [-0.39, 0.29) is 35.6 Å². The molecule has 6 heteroatoms. The van der Waals surface area contributed by atoms with E-state index >= 15 is 0 Å². The number of ketones is 1. The van der Waals surface area contributed by atoms with Gasteiger partial charge in [-0.3, -0.25) is 4.79 Å². The minimum atomic E-state index is -0.622. The Morgan fingerprint density at radius 3 is 2.89 bits per heavy atom. The molecule has 0 amide bonds. The van der Waals surface area contributed by atoms with E-state index in [2.05, 4.69) is 0 Å². The molecule has 4 atom stereocenters. The van der Waals surface area contributed by atoms with Crippen molar-refractivity contribution in [3.63, 3.8) is 0 Å². The summed E-state index contributed by atoms with van der Waals surface area (Å²) in [5, 5.41) is 0. The first-order valence-corrected chi connectivity index (χ1v) is 9.94. The van der Waals surface area contributed by atoms with Crippen molar-refractivity contribution in [3.8, 4) is 5.75 Å². The number of hydrogen-bond donors (Lipinski definition) is 0. The molecule has 6 nitrogen and oxygen atoms in total. The lowest BCUT2D eigenvalue weighted by molar-refractivity contribution is -0.164. The van der Waals surface area contributed by atoms with Crippen molar-refractivity contribution < 1.29 is 28.5 Å². The second-order valence-electron chi connectivity index (χ2n) is 7.43. The molecule has 28 heavy (non-hydrogen) atoms. The summed E-state index contributed by atoms with van der Waals surface area (Å²) in [6, 6.07) is 7.55. The normalized spacial score (nSPS) is 25.2. The van der Waals surface area contributed by atoms with Gasteiger partial charge in [0.15, 0.2) is 6.10 Å². The van der Waals surface area contributed by atoms with Crippen LogP contribution in [0.2, 0.25) is 0 Å². The van der Waals surface area contributed by atoms with E-state index in [0.29, 0.717) is 31.6 Å². The van der Waals surface area contributed by atoms with Crippen LogP contribution in [0.25, 0.3) is 0 Å². The summed E-state index contributed by atoms with van der Waals surface area (Å²) < 4.78 is 22.5. The molecule has 1 aromatic carbocycles. The third-order valence-electron chi connectivity index (χ3n) is 5.07. The fourth-order valence-corrected chi connectivity index (χ4v) is 3.60. The van der Waals surface area contributed by atoms with Gasteiger partial charge in [-0.15, -0.1) is 0 Å². The lowest BCUT2D eigenvalue weighted by Gasteiger charge is -2.37. The van der Waals surface area contributed by atoms with E-state index in [1.165, 1.54) is 6.26 Å². The molecule has 1 heterocycles. The summed E-state index contributed by atoms with van der Waals surface area (Å²) in [4.78, 5) is 24.7. The standard InChI is InChI=1S/C22H28O6/c1-4-10-25-22(24)15(3)27-17-8-9-18-19(12-17)26-13-20(21(18)23)28-16-7-5-6-14(2)11-16/h5-7,11,13,15,17-19H,4,8-10,12H2,1-3H3. The number of fused-ring (bicyclic) bond motifs is 1. The lowest BCUT2D eigenvalue weighted by Crippen LogP contribution is -2.43. The van der Waals surface area contributed by atoms with Crippen molar-refractivity contribution in [1.82, 2.24) is 0 Å². The highest BCUT2D eigenvalue weighted by molar-refractivity contribution is 5.96. The first-order chi connectivity index (χ1) is 13.5. The summed E-state index contributed by atoms with van der Waals surface area (Å²) in [6.45, 7) is 6.01. The van der Waals surface area contributed by atoms with Crippen LogP contribution in [-0.4, -0.2) is 36.7 Å². The third-order valence-corrected chi connectivity index (χ3v) is 5.07. The van der Waals surface area contributed by atoms with Crippen molar-refractivity contribution in [3.05, 3.63) is 41.9 Å². The topological polar surface area (TPSA) is 71.1 Å². The molecule has 0 radical (unpaired) electrons. The zero-order chi connectivity index (χ0) is 20.1. The molecule has 0 aromatic heterocycles. The number of Topliss-reactive ketones (excluding diaryl/α,β-unsaturated/α-hetero) is 1. The lowest BCUT2D eigenvalue weighted by atomic mass is 9.80. The Kier molecular flexibility index (Phi) is 6.73. The molecule has 4 unspecified atom stereocenters. The Morgan fingerprint density at radius 2 is 2.14 bits per heavy atom. The van der Waals surface area contributed by atoms with Gasteiger partial charge < -0.3 is 18.9 Å². The molecule has 0 N–H and O–H groups in total. The van der Waals surface area contributed by atoms with Crippen LogP contribution in [0.3, 0.4) is 0 Å². The SMILES string of the molecule is CCCOC(=O)C(C)OC1CCC2C(=O)C(Oc3cccc(C)c3)=COC2C1. The van der Waals surface area contributed by atoms with Crippen LogP contribution in [0.15, 0.2) is 36.3 Å². The molecule has 1 aliphatic carbocycles. The van der Waals surface area contributed by atoms with Gasteiger partial charge in [0, 0.05) is 6.42 Å². The number of esters is 1. The molecular weight excluding hydrogens is 360 g/mol. The summed E-state index contributed by atoms with van der Waals surface area (Å²) in [5.41, 5.74) is 1.06. The van der Waals surface area contributed by atoms with Gasteiger partial charge >= 0.3 is 5.97 Å². The average Bonchev–Trinajstić information content (AvgIpc) is 2.68. The van der Waals surface area contributed by atoms with Crippen molar-refractivity contribution in [2.75, 3.05) is 6.61 Å². The maximum absolute atomic E-state index is 12.8. The van der Waals surface area contributed by atoms with Crippen LogP contribution in [0.4, 0.5) is 0 Å². The molecular formula is C22H28O6. The number of carbonyl (C=O) groups is 2. The van der Waals surface area contributed by atoms with Crippen LogP contribution < -0.4 is 4.74 Å². The molecule has 1 aliphatic heterocycles. The third kappa shape index (κ3) is 4.93. The summed E-state index contributed by atoms with van der Waals surface area (Å²) in [5.74, 6) is 0.234. The van der Waals surface area contributed by atoms with E-state index in [0.717, 1.165) is 12.0 Å². The molecule has 3 rings (SSSR count). The minimum absolute atomic E-state index is 0.0355. The highest BCUT2D eigenvalue weighted by Crippen LogP contribution is 2.35. The van der Waals surface area contributed by atoms with Crippen molar-refractivity contribution in [2.45, 2.75) is 64.8 Å². The summed E-state index contributed by atoms with van der Waals surface area (Å²) >= 11 is 0. The average molecular weight is 388 g/mol. The molecule has 0 saturated heterocycles. The second kappa shape index (κ2) is 9.24. The van der Waals surface area contributed by atoms with Gasteiger partial charge in [-0.2, -0.15) is 0 Å². The van der Waals surface area contributed by atoms with E-state index in [9.17, 15) is 9.59 Å². The van der Waals surface area contributed by atoms with Crippen LogP contribution in [-0.2, 0) is 23.8 Å². The Hall–Kier alpha value is -2.34. The largest absolute Gasteiger partial charge is 0.493 e. The van der Waals surface area contributed by atoms with Gasteiger partial charge in [-0.05, 0) is 50.8 Å². The monoisotopic (exact) mass is 388 g/mol. The zero-order valence-electron chi connectivity index (χ0n) is 16.7. The molecule has 1 aromatic rings. The molecule has 1 saturated carbocycles. The Balaban J connectivity index is 1.56. The minimum Gasteiger partial charge on any atom is -0.493 e. The van der Waals surface area contributed by atoms with Crippen LogP contribution in [0.1, 0.15) is 45.1 Å². The maximum Gasteiger partial charge on any atom is 0.334 e. The van der Waals surface area contributed by atoms with Crippen molar-refractivity contribution in [1.29, 1.82) is 0 Å². The van der Waals surface area contributed by atoms with E-state index in [4.69, 9.17) is 18.9 Å². The predicted octanol–water partition coefficient (Wildman–Crippen LogP) is 3.71. The van der Waals surface area contributed by atoms with Crippen LogP contribution >= 0.6 is 0 Å². The number of benzene rings is 1. The zero-order valence-corrected chi connectivity index (χ0v) is 16.7. The Labute approximate surface area is 165 Å². The number of aryl methyl sites for hydroxylation is 1. The summed E-state index contributed by atoms with van der Waals surface area (Å²) in [6.07, 6.45) is 3.08. The number of ether oxygens (including phenoxy) is 4. The first kappa shape index (κ1) is 20.4. The van der Waals surface area contributed by atoms with Crippen LogP contribution in [0.5, 0.6) is 5.75 Å². The number of allylic oxidation sites excluding steroid dienone is 1. The molecule has 0 bridgehead atoms. The fraction of sp³-hybridized carbons (Fsp3) is 0.545. The smallest absolute Gasteiger partial charge is 0.334 e. The Morgan fingerprint density at radius 1 is 1.32 bits per heavy atom. The quantitative estimate of drug-likeness (QED) is 0.663. The first-order valence-electron chi connectivity index (χ1n) is 9.94. The number of hydrogen-bond acceptors (Lipinski definition) is 6. The molecule has 2 aliphatic rings. The van der Waals surface area contributed by atoms with Gasteiger partial charge in [0.25, 0.3) is 0 Å². The Bertz CT molecular complexity index is 740. The van der Waals surface area contributed by atoms with Gasteiger partial charge in [0.2, 0.25) is 11.5 Å². The molecule has 1 fully saturated rings. The summed E-state index contributed by atoms with van der Waals surface area (Å²) in [7, 11) is 0. The molecule has 0 spiro atoms. The van der Waals surface area contributed by atoms with Gasteiger partial charge in [0.05, 0.1) is 18.6 Å². The highest BCUT2D eigenvalue weighted by Gasteiger charge is 2.42. The van der Waals surface area contributed by atoms with E-state index < -0.39 is 6.10 Å². The number of carbonyl (C=O) groups excluding carboxylic acids is 2. The second-order valence-corrected chi connectivity index (χ2v) is 7.43. The maximum atomic E-state index is 12.8. The van der Waals surface area contributed by atoms with Crippen molar-refractivity contribution >= 4 is 11.8 Å². The van der Waals surface area contributed by atoms with Gasteiger partial charge in [0.1, 0.15) is 18.1 Å². The van der Waals surface area contributed by atoms with Crippen LogP contribution in [0, 0.1) is 12.8 Å². The van der Waals surface area contributed by atoms with Gasteiger partial charge in [-0.25, -0.2) is 4.79 Å².